The van der Waals surface area contributed by atoms with Crippen molar-refractivity contribution in [1.82, 2.24) is 24.1 Å². The molecule has 0 aliphatic rings. The van der Waals surface area contributed by atoms with E-state index < -0.39 is 0 Å². The zero-order chi connectivity index (χ0) is 37.5. The van der Waals surface area contributed by atoms with E-state index in [1.807, 2.05) is 36.4 Å². The van der Waals surface area contributed by atoms with E-state index in [1.54, 1.807) is 11.3 Å². The van der Waals surface area contributed by atoms with E-state index in [9.17, 15) is 0 Å². The monoisotopic (exact) mass is 745 g/mol. The predicted octanol–water partition coefficient (Wildman–Crippen LogP) is 13.4. The highest BCUT2D eigenvalue weighted by Gasteiger charge is 2.22. The lowest BCUT2D eigenvalue weighted by molar-refractivity contribution is 1.08. The minimum atomic E-state index is 0.658. The molecule has 0 radical (unpaired) electrons. The highest BCUT2D eigenvalue weighted by molar-refractivity contribution is 7.26. The summed E-state index contributed by atoms with van der Waals surface area (Å²) < 4.78 is 7.28. The van der Waals surface area contributed by atoms with Crippen LogP contribution < -0.4 is 0 Å². The van der Waals surface area contributed by atoms with Gasteiger partial charge in [-0.15, -0.1) is 11.3 Å². The molecule has 0 saturated heterocycles. The molecule has 5 nitrogen and oxygen atoms in total. The maximum atomic E-state index is 5.10. The van der Waals surface area contributed by atoms with Crippen LogP contribution in [0.1, 0.15) is 0 Å². The molecule has 0 aliphatic heterocycles. The van der Waals surface area contributed by atoms with E-state index in [0.29, 0.717) is 17.5 Å². The minimum Gasteiger partial charge on any atom is -0.307 e. The minimum absolute atomic E-state index is 0.658. The lowest BCUT2D eigenvalue weighted by atomic mass is 10.1. The molecule has 8 aromatic carbocycles. The van der Waals surface area contributed by atoms with Crippen molar-refractivity contribution in [3.8, 4) is 45.5 Å². The van der Waals surface area contributed by atoms with Gasteiger partial charge in [0.05, 0.1) is 22.1 Å². The lowest BCUT2D eigenvalue weighted by Crippen LogP contribution is -2.00. The summed E-state index contributed by atoms with van der Waals surface area (Å²) in [6.07, 6.45) is 0. The first-order chi connectivity index (χ1) is 28.3. The van der Waals surface area contributed by atoms with Gasteiger partial charge >= 0.3 is 0 Å². The molecule has 0 saturated carbocycles. The van der Waals surface area contributed by atoms with Gasteiger partial charge in [0.1, 0.15) is 0 Å². The summed E-state index contributed by atoms with van der Waals surface area (Å²) in [6.45, 7) is 0. The largest absolute Gasteiger partial charge is 0.307 e. The molecule has 0 unspecified atom stereocenters. The fourth-order valence-corrected chi connectivity index (χ4v) is 9.84. The Kier molecular flexibility index (Phi) is 7.03. The third-order valence-electron chi connectivity index (χ3n) is 11.2. The summed E-state index contributed by atoms with van der Waals surface area (Å²) in [5.41, 5.74) is 9.94. The molecule has 57 heavy (non-hydrogen) atoms. The van der Waals surface area contributed by atoms with Crippen LogP contribution in [0.25, 0.3) is 109 Å². The zero-order valence-corrected chi connectivity index (χ0v) is 31.4. The molecular weight excluding hydrogens is 715 g/mol. The van der Waals surface area contributed by atoms with Crippen LogP contribution in [0.15, 0.2) is 188 Å². The van der Waals surface area contributed by atoms with Crippen molar-refractivity contribution in [3.63, 3.8) is 0 Å². The third-order valence-corrected chi connectivity index (χ3v) is 12.4. The van der Waals surface area contributed by atoms with Gasteiger partial charge in [-0.3, -0.25) is 0 Å². The number of rotatable bonds is 5. The smallest absolute Gasteiger partial charge is 0.165 e. The first kappa shape index (κ1) is 31.9. The fraction of sp³-hybridized carbons (Fsp3) is 0. The van der Waals surface area contributed by atoms with Crippen molar-refractivity contribution >= 4 is 75.1 Å². The van der Waals surface area contributed by atoms with E-state index in [2.05, 4.69) is 161 Å². The Morgan fingerprint density at radius 1 is 0.351 bits per heavy atom. The maximum absolute atomic E-state index is 5.10. The van der Waals surface area contributed by atoms with Crippen LogP contribution in [0.4, 0.5) is 0 Å². The SMILES string of the molecule is c1ccc(-c2nc(-c3ccccc3)nc(-c3cccc4c3sc3ccc(-n5c6ccccc6c6ccc7c8ccccc8n(-c8ccccc8)c7c65)cc34)n2)cc1. The molecule has 6 heteroatoms. The number of thiophene rings is 1. The summed E-state index contributed by atoms with van der Waals surface area (Å²) in [7, 11) is 0. The Labute approximate surface area is 331 Å². The number of aromatic nitrogens is 5. The molecular formula is C51H31N5S. The molecule has 0 aliphatic carbocycles. The predicted molar refractivity (Wildman–Crippen MR) is 238 cm³/mol. The average Bonchev–Trinajstić information content (AvgIpc) is 3.95. The van der Waals surface area contributed by atoms with Crippen molar-refractivity contribution in [2.24, 2.45) is 0 Å². The van der Waals surface area contributed by atoms with Gasteiger partial charge in [0.15, 0.2) is 17.5 Å². The van der Waals surface area contributed by atoms with Crippen molar-refractivity contribution in [3.05, 3.63) is 188 Å². The highest BCUT2D eigenvalue weighted by Crippen LogP contribution is 2.44. The van der Waals surface area contributed by atoms with Gasteiger partial charge < -0.3 is 9.13 Å². The Bertz CT molecular complexity index is 3450. The molecule has 12 rings (SSSR count). The van der Waals surface area contributed by atoms with Gasteiger partial charge in [-0.2, -0.15) is 0 Å². The molecule has 4 heterocycles. The third kappa shape index (κ3) is 4.91. The highest BCUT2D eigenvalue weighted by atomic mass is 32.1. The van der Waals surface area contributed by atoms with Crippen LogP contribution in [0, 0.1) is 0 Å². The van der Waals surface area contributed by atoms with Gasteiger partial charge in [-0.1, -0.05) is 140 Å². The van der Waals surface area contributed by atoms with Crippen LogP contribution in [0.5, 0.6) is 0 Å². The van der Waals surface area contributed by atoms with E-state index in [4.69, 9.17) is 15.0 Å². The number of nitrogens with zero attached hydrogens (tertiary/aromatic N) is 5. The number of fused-ring (bicyclic) bond motifs is 10. The number of hydrogen-bond donors (Lipinski definition) is 0. The number of para-hydroxylation sites is 3. The first-order valence-electron chi connectivity index (χ1n) is 19.1. The summed E-state index contributed by atoms with van der Waals surface area (Å²) in [6, 6.07) is 66.7. The van der Waals surface area contributed by atoms with E-state index >= 15 is 0 Å². The fourth-order valence-electron chi connectivity index (χ4n) is 8.64. The molecule has 4 aromatic heterocycles. The van der Waals surface area contributed by atoms with Crippen molar-refractivity contribution < 1.29 is 0 Å². The second-order valence-electron chi connectivity index (χ2n) is 14.4. The Balaban J connectivity index is 1.12. The summed E-state index contributed by atoms with van der Waals surface area (Å²) in [5.74, 6) is 1.98. The molecule has 0 N–H and O–H groups in total. The maximum Gasteiger partial charge on any atom is 0.165 e. The van der Waals surface area contributed by atoms with Crippen LogP contribution >= 0.6 is 11.3 Å². The van der Waals surface area contributed by atoms with E-state index in [0.717, 1.165) is 32.8 Å². The van der Waals surface area contributed by atoms with Crippen LogP contribution in [-0.4, -0.2) is 24.1 Å². The standard InChI is InChI=1S/C51H31N5S/c1-4-15-32(16-5-1)49-52-50(33-17-6-2-7-18-33)54-51(53-49)41-24-14-23-40-42-31-35(27-30-45(42)57-48(40)41)56-44-26-13-11-22-37(44)39-29-28-38-36-21-10-12-25-43(36)55(46(38)47(39)56)34-19-8-3-9-20-34/h1-31H. The zero-order valence-electron chi connectivity index (χ0n) is 30.5. The normalized spacial score (nSPS) is 11.9. The van der Waals surface area contributed by atoms with Gasteiger partial charge in [-0.25, -0.2) is 15.0 Å². The van der Waals surface area contributed by atoms with Gasteiger partial charge in [0.2, 0.25) is 0 Å². The summed E-state index contributed by atoms with van der Waals surface area (Å²) in [4.78, 5) is 15.2. The van der Waals surface area contributed by atoms with Crippen molar-refractivity contribution in [1.29, 1.82) is 0 Å². The Hall–Kier alpha value is -7.41. The van der Waals surface area contributed by atoms with Crippen LogP contribution in [0.2, 0.25) is 0 Å². The number of hydrogen-bond acceptors (Lipinski definition) is 4. The Morgan fingerprint density at radius 2 is 0.860 bits per heavy atom. The lowest BCUT2D eigenvalue weighted by Gasteiger charge is -2.12. The first-order valence-corrected chi connectivity index (χ1v) is 19.9. The van der Waals surface area contributed by atoms with Crippen LogP contribution in [0.3, 0.4) is 0 Å². The average molecular weight is 746 g/mol. The summed E-state index contributed by atoms with van der Waals surface area (Å²) >= 11 is 1.79. The van der Waals surface area contributed by atoms with Gasteiger partial charge in [0.25, 0.3) is 0 Å². The summed E-state index contributed by atoms with van der Waals surface area (Å²) in [5, 5.41) is 7.33. The molecule has 0 spiro atoms. The van der Waals surface area contributed by atoms with Crippen molar-refractivity contribution in [2.75, 3.05) is 0 Å². The molecule has 266 valence electrons. The van der Waals surface area contributed by atoms with Crippen LogP contribution in [-0.2, 0) is 0 Å². The topological polar surface area (TPSA) is 48.5 Å². The van der Waals surface area contributed by atoms with Crippen molar-refractivity contribution in [2.45, 2.75) is 0 Å². The molecule has 12 aromatic rings. The quantitative estimate of drug-likeness (QED) is 0.176. The van der Waals surface area contributed by atoms with E-state index in [-0.39, 0.29) is 0 Å². The van der Waals surface area contributed by atoms with E-state index in [1.165, 1.54) is 59.1 Å². The van der Waals surface area contributed by atoms with Gasteiger partial charge in [0, 0.05) is 69.8 Å². The second-order valence-corrected chi connectivity index (χ2v) is 15.5. The molecule has 0 atom stereocenters. The second kappa shape index (κ2) is 12.6. The number of benzene rings is 8. The molecule has 0 amide bonds. The molecule has 0 bridgehead atoms. The Morgan fingerprint density at radius 3 is 1.47 bits per heavy atom. The van der Waals surface area contributed by atoms with Gasteiger partial charge in [-0.05, 0) is 48.5 Å². The molecule has 0 fully saturated rings.